The molecule has 0 saturated carbocycles. The number of likely N-dealkylation sites (tertiary alicyclic amines) is 1. The van der Waals surface area contributed by atoms with Crippen LogP contribution in [0.1, 0.15) is 19.3 Å². The van der Waals surface area contributed by atoms with Crippen LogP contribution in [0, 0.1) is 5.92 Å². The zero-order valence-electron chi connectivity index (χ0n) is 17.4. The lowest BCUT2D eigenvalue weighted by Gasteiger charge is -2.31. The number of para-hydroxylation sites is 1. The molecular formula is C23H25ClN4O3. The zero-order chi connectivity index (χ0) is 21.8. The summed E-state index contributed by atoms with van der Waals surface area (Å²) in [5.74, 6) is 1.10. The summed E-state index contributed by atoms with van der Waals surface area (Å²) in [4.78, 5) is 31.5. The first-order chi connectivity index (χ1) is 15.0. The van der Waals surface area contributed by atoms with E-state index in [0.717, 1.165) is 16.8 Å². The SMILES string of the molecule is Cn1c(NC(=O)C2CCN(C(=O)CCOc3ccccc3)CC2)nc2cc(Cl)ccc21. The lowest BCUT2D eigenvalue weighted by Crippen LogP contribution is -2.42. The Balaban J connectivity index is 1.26. The van der Waals surface area contributed by atoms with Gasteiger partial charge in [-0.05, 0) is 43.2 Å². The van der Waals surface area contributed by atoms with Crippen molar-refractivity contribution < 1.29 is 14.3 Å². The van der Waals surface area contributed by atoms with Crippen LogP contribution in [0.25, 0.3) is 11.0 Å². The summed E-state index contributed by atoms with van der Waals surface area (Å²) in [7, 11) is 1.86. The lowest BCUT2D eigenvalue weighted by molar-refractivity contribution is -0.135. The third kappa shape index (κ3) is 4.99. The maximum absolute atomic E-state index is 12.8. The van der Waals surface area contributed by atoms with Gasteiger partial charge in [0.15, 0.2) is 0 Å². The molecule has 0 unspecified atom stereocenters. The molecule has 1 aliphatic heterocycles. The van der Waals surface area contributed by atoms with E-state index in [9.17, 15) is 9.59 Å². The topological polar surface area (TPSA) is 76.5 Å². The predicted octanol–water partition coefficient (Wildman–Crippen LogP) is 3.87. The summed E-state index contributed by atoms with van der Waals surface area (Å²) >= 11 is 6.03. The number of benzene rings is 2. The summed E-state index contributed by atoms with van der Waals surface area (Å²) in [5.41, 5.74) is 1.64. The minimum atomic E-state index is -0.145. The van der Waals surface area contributed by atoms with Crippen LogP contribution in [0.3, 0.4) is 0 Å². The van der Waals surface area contributed by atoms with E-state index in [-0.39, 0.29) is 17.7 Å². The van der Waals surface area contributed by atoms with Crippen molar-refractivity contribution >= 4 is 40.4 Å². The first-order valence-electron chi connectivity index (χ1n) is 10.4. The number of amides is 2. The quantitative estimate of drug-likeness (QED) is 0.631. The maximum atomic E-state index is 12.8. The van der Waals surface area contributed by atoms with Gasteiger partial charge in [-0.3, -0.25) is 14.9 Å². The van der Waals surface area contributed by atoms with Gasteiger partial charge in [0.05, 0.1) is 24.1 Å². The van der Waals surface area contributed by atoms with Gasteiger partial charge in [0, 0.05) is 31.1 Å². The number of fused-ring (bicyclic) bond motifs is 1. The summed E-state index contributed by atoms with van der Waals surface area (Å²) in [6, 6.07) is 14.9. The molecule has 1 saturated heterocycles. The highest BCUT2D eigenvalue weighted by molar-refractivity contribution is 6.31. The normalized spacial score (nSPS) is 14.6. The molecule has 0 spiro atoms. The van der Waals surface area contributed by atoms with Gasteiger partial charge >= 0.3 is 0 Å². The van der Waals surface area contributed by atoms with Crippen LogP contribution in [0.4, 0.5) is 5.95 Å². The maximum Gasteiger partial charge on any atom is 0.229 e. The molecule has 2 heterocycles. The summed E-state index contributed by atoms with van der Waals surface area (Å²) in [6.07, 6.45) is 1.59. The van der Waals surface area contributed by atoms with E-state index in [1.54, 1.807) is 12.1 Å². The molecule has 1 aromatic heterocycles. The summed E-state index contributed by atoms with van der Waals surface area (Å²) in [5, 5.41) is 3.54. The van der Waals surface area contributed by atoms with Gasteiger partial charge in [0.1, 0.15) is 5.75 Å². The second-order valence-corrected chi connectivity index (χ2v) is 8.12. The number of piperidine rings is 1. The molecule has 4 rings (SSSR count). The van der Waals surface area contributed by atoms with Gasteiger partial charge in [-0.15, -0.1) is 0 Å². The van der Waals surface area contributed by atoms with E-state index in [2.05, 4.69) is 10.3 Å². The molecule has 7 nitrogen and oxygen atoms in total. The highest BCUT2D eigenvalue weighted by atomic mass is 35.5. The number of nitrogens with one attached hydrogen (secondary N) is 1. The van der Waals surface area contributed by atoms with Crippen LogP contribution < -0.4 is 10.1 Å². The van der Waals surface area contributed by atoms with Gasteiger partial charge in [0.2, 0.25) is 17.8 Å². The van der Waals surface area contributed by atoms with E-state index in [1.165, 1.54) is 0 Å². The van der Waals surface area contributed by atoms with Crippen LogP contribution in [-0.2, 0) is 16.6 Å². The van der Waals surface area contributed by atoms with Crippen LogP contribution in [0.2, 0.25) is 5.02 Å². The molecule has 1 aliphatic rings. The molecule has 1 N–H and O–H groups in total. The van der Waals surface area contributed by atoms with Crippen molar-refractivity contribution in [1.82, 2.24) is 14.5 Å². The van der Waals surface area contributed by atoms with Crippen molar-refractivity contribution in [2.75, 3.05) is 25.0 Å². The Bertz CT molecular complexity index is 1080. The summed E-state index contributed by atoms with van der Waals surface area (Å²) in [6.45, 7) is 1.49. The highest BCUT2D eigenvalue weighted by Crippen LogP contribution is 2.24. The molecule has 0 bridgehead atoms. The van der Waals surface area contributed by atoms with Crippen LogP contribution >= 0.6 is 11.6 Å². The third-order valence-corrected chi connectivity index (χ3v) is 5.86. The molecule has 31 heavy (non-hydrogen) atoms. The van der Waals surface area contributed by atoms with Crippen molar-refractivity contribution in [2.45, 2.75) is 19.3 Å². The molecule has 8 heteroatoms. The third-order valence-electron chi connectivity index (χ3n) is 5.62. The van der Waals surface area contributed by atoms with E-state index in [0.29, 0.717) is 49.9 Å². The Morgan fingerprint density at radius 2 is 1.90 bits per heavy atom. The Labute approximate surface area is 186 Å². The number of nitrogens with zero attached hydrogens (tertiary/aromatic N) is 3. The second kappa shape index (κ2) is 9.39. The van der Waals surface area contributed by atoms with Crippen LogP contribution in [0.15, 0.2) is 48.5 Å². The average Bonchev–Trinajstić information content (AvgIpc) is 3.08. The molecule has 2 amide bonds. The number of carbonyl (C=O) groups excluding carboxylic acids is 2. The highest BCUT2D eigenvalue weighted by Gasteiger charge is 2.28. The van der Waals surface area contributed by atoms with Crippen molar-refractivity contribution in [1.29, 1.82) is 0 Å². The largest absolute Gasteiger partial charge is 0.493 e. The van der Waals surface area contributed by atoms with Crippen molar-refractivity contribution in [3.63, 3.8) is 0 Å². The van der Waals surface area contributed by atoms with Crippen molar-refractivity contribution in [3.05, 3.63) is 53.6 Å². The van der Waals surface area contributed by atoms with E-state index in [4.69, 9.17) is 16.3 Å². The molecule has 0 atom stereocenters. The number of aryl methyl sites for hydroxylation is 1. The van der Waals surface area contributed by atoms with Gasteiger partial charge in [0.25, 0.3) is 0 Å². The molecular weight excluding hydrogens is 416 g/mol. The lowest BCUT2D eigenvalue weighted by atomic mass is 9.96. The number of imidazole rings is 1. The van der Waals surface area contributed by atoms with Gasteiger partial charge in [-0.2, -0.15) is 0 Å². The Morgan fingerprint density at radius 3 is 2.65 bits per heavy atom. The van der Waals surface area contributed by atoms with Crippen molar-refractivity contribution in [3.8, 4) is 5.75 Å². The summed E-state index contributed by atoms with van der Waals surface area (Å²) < 4.78 is 7.45. The number of carbonyl (C=O) groups is 2. The fourth-order valence-corrected chi connectivity index (χ4v) is 3.99. The fraction of sp³-hybridized carbons (Fsp3) is 0.348. The van der Waals surface area contributed by atoms with Gasteiger partial charge in [-0.1, -0.05) is 29.8 Å². The molecule has 3 aromatic rings. The fourth-order valence-electron chi connectivity index (χ4n) is 3.82. The molecule has 0 radical (unpaired) electrons. The minimum Gasteiger partial charge on any atom is -0.493 e. The first kappa shape index (κ1) is 21.2. The second-order valence-electron chi connectivity index (χ2n) is 7.68. The molecule has 2 aromatic carbocycles. The average molecular weight is 441 g/mol. The standard InChI is InChI=1S/C23H25ClN4O3/c1-27-20-8-7-17(24)15-19(20)25-23(27)26-22(30)16-9-12-28(13-10-16)21(29)11-14-31-18-5-3-2-4-6-18/h2-8,15-16H,9-14H2,1H3,(H,25,26,30). The zero-order valence-corrected chi connectivity index (χ0v) is 18.1. The monoisotopic (exact) mass is 440 g/mol. The first-order valence-corrected chi connectivity index (χ1v) is 10.8. The van der Waals surface area contributed by atoms with E-state index < -0.39 is 0 Å². The number of ether oxygens (including phenoxy) is 1. The number of aromatic nitrogens is 2. The number of anilines is 1. The van der Waals surface area contributed by atoms with Gasteiger partial charge < -0.3 is 14.2 Å². The molecule has 162 valence electrons. The molecule has 1 fully saturated rings. The number of hydrogen-bond donors (Lipinski definition) is 1. The number of hydrogen-bond acceptors (Lipinski definition) is 4. The Hall–Kier alpha value is -3.06. The Morgan fingerprint density at radius 1 is 1.16 bits per heavy atom. The smallest absolute Gasteiger partial charge is 0.229 e. The molecule has 0 aliphatic carbocycles. The van der Waals surface area contributed by atoms with E-state index in [1.807, 2.05) is 52.9 Å². The number of halogens is 1. The van der Waals surface area contributed by atoms with Gasteiger partial charge in [-0.25, -0.2) is 4.98 Å². The number of rotatable bonds is 6. The van der Waals surface area contributed by atoms with Crippen LogP contribution in [0.5, 0.6) is 5.75 Å². The van der Waals surface area contributed by atoms with E-state index >= 15 is 0 Å². The van der Waals surface area contributed by atoms with Crippen molar-refractivity contribution in [2.24, 2.45) is 13.0 Å². The minimum absolute atomic E-state index is 0.0574. The predicted molar refractivity (Wildman–Crippen MR) is 120 cm³/mol. The Kier molecular flexibility index (Phi) is 6.42. The van der Waals surface area contributed by atoms with Crippen LogP contribution in [-0.4, -0.2) is 46.0 Å².